The van der Waals surface area contributed by atoms with Crippen LogP contribution in [0.1, 0.15) is 32.9 Å². The van der Waals surface area contributed by atoms with Gasteiger partial charge in [0, 0.05) is 13.1 Å². The number of esters is 1. The second-order valence-corrected chi connectivity index (χ2v) is 7.04. The highest BCUT2D eigenvalue weighted by Crippen LogP contribution is 2.23. The van der Waals surface area contributed by atoms with Gasteiger partial charge in [-0.15, -0.1) is 11.3 Å². The molecule has 1 fully saturated rings. The van der Waals surface area contributed by atoms with Gasteiger partial charge in [-0.2, -0.15) is 0 Å². The van der Waals surface area contributed by atoms with E-state index in [-0.39, 0.29) is 17.7 Å². The molecular weight excluding hydrogens is 352 g/mol. The Kier molecular flexibility index (Phi) is 5.68. The number of carbonyl (C=O) groups excluding carboxylic acids is 3. The number of piperidine rings is 1. The van der Waals surface area contributed by atoms with E-state index in [2.05, 4.69) is 5.32 Å². The van der Waals surface area contributed by atoms with Crippen molar-refractivity contribution in [1.82, 2.24) is 4.90 Å². The maximum atomic E-state index is 12.7. The van der Waals surface area contributed by atoms with Crippen LogP contribution in [0.25, 0.3) is 0 Å². The summed E-state index contributed by atoms with van der Waals surface area (Å²) < 4.78 is 4.75. The molecule has 1 N–H and O–H groups in total. The molecule has 2 aromatic rings. The van der Waals surface area contributed by atoms with Gasteiger partial charge in [-0.3, -0.25) is 9.59 Å². The summed E-state index contributed by atoms with van der Waals surface area (Å²) in [6.07, 6.45) is 1.48. The van der Waals surface area contributed by atoms with Gasteiger partial charge in [-0.1, -0.05) is 18.2 Å². The number of thiophene rings is 1. The average Bonchev–Trinajstić information content (AvgIpc) is 3.22. The van der Waals surface area contributed by atoms with E-state index in [4.69, 9.17) is 4.74 Å². The van der Waals surface area contributed by atoms with Crippen LogP contribution in [0.2, 0.25) is 0 Å². The van der Waals surface area contributed by atoms with Gasteiger partial charge in [0.25, 0.3) is 5.91 Å². The predicted molar refractivity (Wildman–Crippen MR) is 99.4 cm³/mol. The Hall–Kier alpha value is -2.67. The zero-order valence-electron chi connectivity index (χ0n) is 14.4. The van der Waals surface area contributed by atoms with Gasteiger partial charge in [0.05, 0.1) is 29.2 Å². The molecular formula is C19H20N2O4S. The fourth-order valence-electron chi connectivity index (χ4n) is 3.05. The summed E-state index contributed by atoms with van der Waals surface area (Å²) in [6.45, 7) is 1.03. The third kappa shape index (κ3) is 3.94. The molecule has 6 nitrogen and oxygen atoms in total. The molecule has 7 heteroatoms. The third-order valence-electron chi connectivity index (χ3n) is 4.40. The lowest BCUT2D eigenvalue weighted by molar-refractivity contribution is -0.121. The van der Waals surface area contributed by atoms with Crippen LogP contribution in [0.5, 0.6) is 0 Å². The largest absolute Gasteiger partial charge is 0.465 e. The lowest BCUT2D eigenvalue weighted by Crippen LogP contribution is -2.43. The SMILES string of the molecule is COC(=O)c1ccccc1NC(=O)[C@H]1CCCN(C(=O)c2cccs2)C1. The third-order valence-corrected chi connectivity index (χ3v) is 5.26. The minimum Gasteiger partial charge on any atom is -0.465 e. The van der Waals surface area contributed by atoms with Gasteiger partial charge < -0.3 is 15.0 Å². The van der Waals surface area contributed by atoms with Crippen LogP contribution in [-0.2, 0) is 9.53 Å². The normalized spacial score (nSPS) is 16.8. The number of ether oxygens (including phenoxy) is 1. The Morgan fingerprint density at radius 2 is 2.00 bits per heavy atom. The summed E-state index contributed by atoms with van der Waals surface area (Å²) >= 11 is 1.40. The molecule has 1 aliphatic heterocycles. The summed E-state index contributed by atoms with van der Waals surface area (Å²) in [4.78, 5) is 39.4. The Morgan fingerprint density at radius 3 is 2.73 bits per heavy atom. The van der Waals surface area contributed by atoms with Crippen LogP contribution in [0, 0.1) is 5.92 Å². The van der Waals surface area contributed by atoms with Gasteiger partial charge in [-0.25, -0.2) is 4.79 Å². The predicted octanol–water partition coefficient (Wildman–Crippen LogP) is 3.03. The number of hydrogen-bond donors (Lipinski definition) is 1. The molecule has 2 amide bonds. The Morgan fingerprint density at radius 1 is 1.19 bits per heavy atom. The van der Waals surface area contributed by atoms with Gasteiger partial charge >= 0.3 is 5.97 Å². The lowest BCUT2D eigenvalue weighted by Gasteiger charge is -2.31. The number of methoxy groups -OCH3 is 1. The van der Waals surface area contributed by atoms with Crippen molar-refractivity contribution < 1.29 is 19.1 Å². The maximum Gasteiger partial charge on any atom is 0.339 e. The van der Waals surface area contributed by atoms with Crippen molar-refractivity contribution in [1.29, 1.82) is 0 Å². The minimum absolute atomic E-state index is 0.0348. The average molecular weight is 372 g/mol. The number of para-hydroxylation sites is 1. The number of nitrogens with one attached hydrogen (secondary N) is 1. The van der Waals surface area contributed by atoms with Gasteiger partial charge in [0.1, 0.15) is 0 Å². The monoisotopic (exact) mass is 372 g/mol. The second-order valence-electron chi connectivity index (χ2n) is 6.09. The summed E-state index contributed by atoms with van der Waals surface area (Å²) in [5.74, 6) is -1.03. The van der Waals surface area contributed by atoms with Crippen LogP contribution >= 0.6 is 11.3 Å². The Balaban J connectivity index is 1.69. The highest BCUT2D eigenvalue weighted by Gasteiger charge is 2.29. The number of amides is 2. The molecule has 0 saturated carbocycles. The van der Waals surface area contributed by atoms with E-state index in [1.165, 1.54) is 18.4 Å². The van der Waals surface area contributed by atoms with Crippen molar-refractivity contribution in [2.75, 3.05) is 25.5 Å². The molecule has 1 aromatic carbocycles. The van der Waals surface area contributed by atoms with Crippen LogP contribution in [0.15, 0.2) is 41.8 Å². The minimum atomic E-state index is -0.501. The van der Waals surface area contributed by atoms with Crippen molar-refractivity contribution in [3.05, 3.63) is 52.2 Å². The number of rotatable bonds is 4. The molecule has 0 radical (unpaired) electrons. The molecule has 3 rings (SSSR count). The van der Waals surface area contributed by atoms with E-state index in [0.29, 0.717) is 35.6 Å². The molecule has 26 heavy (non-hydrogen) atoms. The first kappa shape index (κ1) is 18.1. The zero-order valence-corrected chi connectivity index (χ0v) is 15.3. The molecule has 0 bridgehead atoms. The van der Waals surface area contributed by atoms with Crippen LogP contribution in [-0.4, -0.2) is 42.9 Å². The molecule has 2 heterocycles. The van der Waals surface area contributed by atoms with Crippen LogP contribution in [0.4, 0.5) is 5.69 Å². The lowest BCUT2D eigenvalue weighted by atomic mass is 9.96. The summed E-state index contributed by atoms with van der Waals surface area (Å²) in [6, 6.07) is 10.4. The molecule has 1 aromatic heterocycles. The van der Waals surface area contributed by atoms with Crippen molar-refractivity contribution in [2.24, 2.45) is 5.92 Å². The fourth-order valence-corrected chi connectivity index (χ4v) is 3.74. The summed E-state index contributed by atoms with van der Waals surface area (Å²) in [5.41, 5.74) is 0.733. The Bertz CT molecular complexity index is 804. The van der Waals surface area contributed by atoms with Gasteiger partial charge in [-0.05, 0) is 36.4 Å². The number of hydrogen-bond acceptors (Lipinski definition) is 5. The van der Waals surface area contributed by atoms with Crippen LogP contribution in [0.3, 0.4) is 0 Å². The smallest absolute Gasteiger partial charge is 0.339 e. The van der Waals surface area contributed by atoms with Gasteiger partial charge in [0.2, 0.25) is 5.91 Å². The van der Waals surface area contributed by atoms with Crippen LogP contribution < -0.4 is 5.32 Å². The Labute approximate surface area is 155 Å². The first-order valence-corrected chi connectivity index (χ1v) is 9.29. The first-order valence-electron chi connectivity index (χ1n) is 8.41. The topological polar surface area (TPSA) is 75.7 Å². The molecule has 136 valence electrons. The van der Waals surface area contributed by atoms with Gasteiger partial charge in [0.15, 0.2) is 0 Å². The van der Waals surface area contributed by atoms with Crippen molar-refractivity contribution >= 4 is 34.8 Å². The number of likely N-dealkylation sites (tertiary alicyclic amines) is 1. The number of nitrogens with zero attached hydrogens (tertiary/aromatic N) is 1. The summed E-state index contributed by atoms with van der Waals surface area (Å²) in [7, 11) is 1.30. The van der Waals surface area contributed by atoms with Crippen molar-refractivity contribution in [3.63, 3.8) is 0 Å². The highest BCUT2D eigenvalue weighted by molar-refractivity contribution is 7.12. The van der Waals surface area contributed by atoms with Crippen molar-refractivity contribution in [2.45, 2.75) is 12.8 Å². The quantitative estimate of drug-likeness (QED) is 0.837. The zero-order chi connectivity index (χ0) is 18.5. The standard InChI is InChI=1S/C19H20N2O4S/c1-25-19(24)14-7-2-3-8-15(14)20-17(22)13-6-4-10-21(12-13)18(23)16-9-5-11-26-16/h2-3,5,7-9,11,13H,4,6,10,12H2,1H3,(H,20,22)/t13-/m0/s1. The fraction of sp³-hybridized carbons (Fsp3) is 0.316. The molecule has 1 saturated heterocycles. The van der Waals surface area contributed by atoms with E-state index in [1.54, 1.807) is 35.2 Å². The number of carbonyl (C=O) groups is 3. The molecule has 1 aliphatic rings. The van der Waals surface area contributed by atoms with E-state index in [1.807, 2.05) is 11.4 Å². The molecule has 0 aliphatic carbocycles. The van der Waals surface area contributed by atoms with E-state index >= 15 is 0 Å². The van der Waals surface area contributed by atoms with E-state index in [0.717, 1.165) is 6.42 Å². The van der Waals surface area contributed by atoms with Crippen molar-refractivity contribution in [3.8, 4) is 0 Å². The van der Waals surface area contributed by atoms with E-state index in [9.17, 15) is 14.4 Å². The second kappa shape index (κ2) is 8.14. The number of anilines is 1. The maximum absolute atomic E-state index is 12.7. The molecule has 0 unspecified atom stereocenters. The molecule has 0 spiro atoms. The summed E-state index contributed by atoms with van der Waals surface area (Å²) in [5, 5.41) is 4.68. The highest BCUT2D eigenvalue weighted by atomic mass is 32.1. The molecule has 1 atom stereocenters. The first-order chi connectivity index (χ1) is 12.6. The number of benzene rings is 1. The van der Waals surface area contributed by atoms with E-state index < -0.39 is 5.97 Å².